The van der Waals surface area contributed by atoms with Crippen molar-refractivity contribution < 1.29 is 0 Å². The van der Waals surface area contributed by atoms with Gasteiger partial charge >= 0.3 is 0 Å². The minimum atomic E-state index is -0.00734. The molecule has 1 fully saturated rings. The molecule has 3 heteroatoms. The van der Waals surface area contributed by atoms with Crippen molar-refractivity contribution in [2.75, 3.05) is 0 Å². The Morgan fingerprint density at radius 2 is 2.35 bits per heavy atom. The number of benzene rings is 1. The van der Waals surface area contributed by atoms with Crippen LogP contribution in [0.5, 0.6) is 0 Å². The molecular weight excluding hydrogens is 210 g/mol. The smallest absolute Gasteiger partial charge is 0.110 e. The average Bonchev–Trinajstić information content (AvgIpc) is 3.11. The molecule has 1 unspecified atom stereocenters. The van der Waals surface area contributed by atoms with Gasteiger partial charge in [-0.3, -0.25) is 0 Å². The predicted molar refractivity (Wildman–Crippen MR) is 66.7 cm³/mol. The summed E-state index contributed by atoms with van der Waals surface area (Å²) in [5.41, 5.74) is 3.18. The molecule has 0 amide bonds. The van der Waals surface area contributed by atoms with Crippen molar-refractivity contribution in [3.8, 4) is 6.07 Å². The number of nitriles is 1. The highest BCUT2D eigenvalue weighted by Gasteiger charge is 2.26. The zero-order valence-corrected chi connectivity index (χ0v) is 9.90. The normalized spacial score (nSPS) is 16.9. The quantitative estimate of drug-likeness (QED) is 0.869. The first kappa shape index (κ1) is 10.3. The molecule has 3 rings (SSSR count). The third-order valence-electron chi connectivity index (χ3n) is 3.45. The van der Waals surface area contributed by atoms with Crippen LogP contribution in [0.2, 0.25) is 0 Å². The minimum Gasteiger partial charge on any atom is -0.342 e. The van der Waals surface area contributed by atoms with Gasteiger partial charge < -0.3 is 4.98 Å². The van der Waals surface area contributed by atoms with E-state index in [9.17, 15) is 0 Å². The van der Waals surface area contributed by atoms with E-state index in [2.05, 4.69) is 22.1 Å². The molecule has 1 atom stereocenters. The Bertz CT molecular complexity index is 587. The highest BCUT2D eigenvalue weighted by atomic mass is 14.9. The highest BCUT2D eigenvalue weighted by molar-refractivity contribution is 5.76. The fourth-order valence-corrected chi connectivity index (χ4v) is 2.22. The van der Waals surface area contributed by atoms with Gasteiger partial charge in [-0.15, -0.1) is 0 Å². The van der Waals surface area contributed by atoms with Crippen LogP contribution in [0.4, 0.5) is 0 Å². The lowest BCUT2D eigenvalue weighted by molar-refractivity contribution is 0.819. The van der Waals surface area contributed by atoms with Crippen molar-refractivity contribution in [2.45, 2.75) is 38.0 Å². The lowest BCUT2D eigenvalue weighted by Crippen LogP contribution is -1.92. The molecule has 1 aromatic heterocycles. The summed E-state index contributed by atoms with van der Waals surface area (Å²) in [4.78, 5) is 7.97. The van der Waals surface area contributed by atoms with Crippen molar-refractivity contribution in [3.05, 3.63) is 29.6 Å². The van der Waals surface area contributed by atoms with E-state index in [-0.39, 0.29) is 5.92 Å². The number of hydrogen-bond donors (Lipinski definition) is 1. The van der Waals surface area contributed by atoms with E-state index in [0.29, 0.717) is 5.92 Å². The first-order chi connectivity index (χ1) is 8.31. The maximum atomic E-state index is 9.08. The van der Waals surface area contributed by atoms with E-state index in [1.165, 1.54) is 12.8 Å². The van der Waals surface area contributed by atoms with Gasteiger partial charge in [0.1, 0.15) is 5.82 Å². The van der Waals surface area contributed by atoms with Gasteiger partial charge in [0.05, 0.1) is 23.0 Å². The van der Waals surface area contributed by atoms with Gasteiger partial charge in [0.15, 0.2) is 0 Å². The summed E-state index contributed by atoms with van der Waals surface area (Å²) in [7, 11) is 0. The Morgan fingerprint density at radius 3 is 3.00 bits per heavy atom. The SMILES string of the molecule is CCC(C#N)c1ccc2nc(C3CC3)[nH]c2c1. The number of H-pyrrole nitrogens is 1. The maximum Gasteiger partial charge on any atom is 0.110 e. The summed E-state index contributed by atoms with van der Waals surface area (Å²) in [6.45, 7) is 2.04. The van der Waals surface area contributed by atoms with Crippen LogP contribution in [0.15, 0.2) is 18.2 Å². The molecule has 86 valence electrons. The van der Waals surface area contributed by atoms with Crippen molar-refractivity contribution in [1.29, 1.82) is 5.26 Å². The molecule has 0 aliphatic heterocycles. The maximum absolute atomic E-state index is 9.08. The Hall–Kier alpha value is -1.82. The van der Waals surface area contributed by atoms with Crippen molar-refractivity contribution in [2.24, 2.45) is 0 Å². The zero-order chi connectivity index (χ0) is 11.8. The number of imidazole rings is 1. The number of nitrogens with zero attached hydrogens (tertiary/aromatic N) is 2. The molecule has 0 bridgehead atoms. The summed E-state index contributed by atoms with van der Waals surface area (Å²) in [5, 5.41) is 9.08. The van der Waals surface area contributed by atoms with Crippen molar-refractivity contribution >= 4 is 11.0 Å². The summed E-state index contributed by atoms with van der Waals surface area (Å²) >= 11 is 0. The van der Waals surface area contributed by atoms with Gasteiger partial charge in [-0.1, -0.05) is 13.0 Å². The van der Waals surface area contributed by atoms with Gasteiger partial charge in [0.25, 0.3) is 0 Å². The molecule has 0 spiro atoms. The van der Waals surface area contributed by atoms with E-state index < -0.39 is 0 Å². The van der Waals surface area contributed by atoms with Crippen LogP contribution in [-0.2, 0) is 0 Å². The van der Waals surface area contributed by atoms with E-state index in [1.54, 1.807) is 0 Å². The third-order valence-corrected chi connectivity index (χ3v) is 3.45. The Morgan fingerprint density at radius 1 is 1.53 bits per heavy atom. The highest BCUT2D eigenvalue weighted by Crippen LogP contribution is 2.39. The third kappa shape index (κ3) is 1.80. The van der Waals surface area contributed by atoms with Gasteiger partial charge in [0.2, 0.25) is 0 Å². The Labute approximate surface area is 100 Å². The average molecular weight is 225 g/mol. The molecule has 2 aromatic rings. The van der Waals surface area contributed by atoms with Gasteiger partial charge in [-0.05, 0) is 37.0 Å². The second kappa shape index (κ2) is 3.89. The van der Waals surface area contributed by atoms with Crippen LogP contribution in [0.1, 0.15) is 49.4 Å². The standard InChI is InChI=1S/C14H15N3/c1-2-9(8-15)11-5-6-12-13(7-11)17-14(16-12)10-3-4-10/h5-7,9-10H,2-4H2,1H3,(H,16,17). The molecule has 1 heterocycles. The molecular formula is C14H15N3. The molecule has 1 aliphatic rings. The zero-order valence-electron chi connectivity index (χ0n) is 9.90. The number of aromatic nitrogens is 2. The molecule has 17 heavy (non-hydrogen) atoms. The van der Waals surface area contributed by atoms with Gasteiger partial charge in [-0.25, -0.2) is 4.98 Å². The summed E-state index contributed by atoms with van der Waals surface area (Å²) in [5.74, 6) is 1.75. The molecule has 1 aliphatic carbocycles. The van der Waals surface area contributed by atoms with Crippen LogP contribution in [-0.4, -0.2) is 9.97 Å². The minimum absolute atomic E-state index is 0.00734. The predicted octanol–water partition coefficient (Wildman–Crippen LogP) is 3.46. The Balaban J connectivity index is 2.03. The van der Waals surface area contributed by atoms with Gasteiger partial charge in [0, 0.05) is 5.92 Å². The summed E-state index contributed by atoms with van der Waals surface area (Å²) in [6.07, 6.45) is 3.36. The summed E-state index contributed by atoms with van der Waals surface area (Å²) in [6, 6.07) is 8.46. The topological polar surface area (TPSA) is 52.5 Å². The lowest BCUT2D eigenvalue weighted by Gasteiger charge is -2.05. The van der Waals surface area contributed by atoms with Crippen LogP contribution in [0.3, 0.4) is 0 Å². The van der Waals surface area contributed by atoms with E-state index >= 15 is 0 Å². The largest absolute Gasteiger partial charge is 0.342 e. The number of fused-ring (bicyclic) bond motifs is 1. The first-order valence-electron chi connectivity index (χ1n) is 6.21. The number of hydrogen-bond acceptors (Lipinski definition) is 2. The monoisotopic (exact) mass is 225 g/mol. The fraction of sp³-hybridized carbons (Fsp3) is 0.429. The number of nitrogens with one attached hydrogen (secondary N) is 1. The molecule has 1 aromatic carbocycles. The molecule has 3 nitrogen and oxygen atoms in total. The molecule has 0 saturated heterocycles. The van der Waals surface area contributed by atoms with E-state index in [4.69, 9.17) is 5.26 Å². The molecule has 1 N–H and O–H groups in total. The fourth-order valence-electron chi connectivity index (χ4n) is 2.22. The first-order valence-corrected chi connectivity index (χ1v) is 6.21. The van der Waals surface area contributed by atoms with Crippen molar-refractivity contribution in [3.63, 3.8) is 0 Å². The Kier molecular flexibility index (Phi) is 2.36. The number of rotatable bonds is 3. The van der Waals surface area contributed by atoms with E-state index in [0.717, 1.165) is 28.8 Å². The second-order valence-corrected chi connectivity index (χ2v) is 4.76. The summed E-state index contributed by atoms with van der Waals surface area (Å²) < 4.78 is 0. The van der Waals surface area contributed by atoms with E-state index in [1.807, 2.05) is 19.1 Å². The van der Waals surface area contributed by atoms with Crippen LogP contribution >= 0.6 is 0 Å². The lowest BCUT2D eigenvalue weighted by atomic mass is 9.98. The van der Waals surface area contributed by atoms with Crippen molar-refractivity contribution in [1.82, 2.24) is 9.97 Å². The number of aromatic amines is 1. The van der Waals surface area contributed by atoms with Crippen LogP contribution in [0.25, 0.3) is 11.0 Å². The second-order valence-electron chi connectivity index (χ2n) is 4.76. The molecule has 1 saturated carbocycles. The van der Waals surface area contributed by atoms with Crippen LogP contribution < -0.4 is 0 Å². The molecule has 0 radical (unpaired) electrons. The van der Waals surface area contributed by atoms with Crippen LogP contribution in [0, 0.1) is 11.3 Å². The van der Waals surface area contributed by atoms with Gasteiger partial charge in [-0.2, -0.15) is 5.26 Å².